The topological polar surface area (TPSA) is 87.7 Å². The highest BCUT2D eigenvalue weighted by molar-refractivity contribution is 5.97. The molecule has 3 amide bonds. The van der Waals surface area contributed by atoms with Crippen molar-refractivity contribution in [3.8, 4) is 5.75 Å². The van der Waals surface area contributed by atoms with Crippen LogP contribution in [0.4, 0.5) is 0 Å². The fraction of sp³-hybridized carbons (Fsp3) is 0.364. The molecule has 0 aromatic heterocycles. The monoisotopic (exact) mass is 541 g/mol. The maximum atomic E-state index is 13.2. The van der Waals surface area contributed by atoms with E-state index in [0.717, 1.165) is 37.7 Å². The fourth-order valence-corrected chi connectivity index (χ4v) is 5.44. The molecule has 40 heavy (non-hydrogen) atoms. The van der Waals surface area contributed by atoms with E-state index in [4.69, 9.17) is 4.74 Å². The Labute approximate surface area is 236 Å². The second-order valence-electron chi connectivity index (χ2n) is 10.3. The van der Waals surface area contributed by atoms with E-state index in [9.17, 15) is 14.4 Å². The average Bonchev–Trinajstić information content (AvgIpc) is 3.01. The van der Waals surface area contributed by atoms with Gasteiger partial charge in [0.25, 0.3) is 5.91 Å². The third-order valence-electron chi connectivity index (χ3n) is 7.65. The smallest absolute Gasteiger partial charge is 0.255 e. The molecule has 0 saturated carbocycles. The van der Waals surface area contributed by atoms with Crippen LogP contribution in [0.25, 0.3) is 0 Å². The van der Waals surface area contributed by atoms with Crippen LogP contribution in [0.2, 0.25) is 0 Å². The molecular weight excluding hydrogens is 502 g/mol. The highest BCUT2D eigenvalue weighted by atomic mass is 16.5. The van der Waals surface area contributed by atoms with Gasteiger partial charge in [-0.3, -0.25) is 14.4 Å². The Morgan fingerprint density at radius 1 is 0.875 bits per heavy atom. The normalized spacial score (nSPS) is 16.6. The van der Waals surface area contributed by atoms with Crippen LogP contribution in [-0.4, -0.2) is 55.9 Å². The summed E-state index contributed by atoms with van der Waals surface area (Å²) >= 11 is 0. The molecular formula is C33H39N3O4. The van der Waals surface area contributed by atoms with Gasteiger partial charge in [0.1, 0.15) is 5.75 Å². The van der Waals surface area contributed by atoms with Gasteiger partial charge in [-0.1, -0.05) is 66.7 Å². The summed E-state index contributed by atoms with van der Waals surface area (Å²) < 4.78 is 5.29. The number of benzene rings is 3. The lowest BCUT2D eigenvalue weighted by Gasteiger charge is -2.36. The second-order valence-corrected chi connectivity index (χ2v) is 10.3. The van der Waals surface area contributed by atoms with E-state index >= 15 is 0 Å². The number of fused-ring (bicyclic) bond motifs is 1. The van der Waals surface area contributed by atoms with Gasteiger partial charge in [-0.15, -0.1) is 0 Å². The number of carbonyl (C=O) groups is 3. The molecule has 1 saturated heterocycles. The molecule has 1 atom stereocenters. The van der Waals surface area contributed by atoms with Crippen LogP contribution in [0.5, 0.6) is 5.75 Å². The number of para-hydroxylation sites is 1. The summed E-state index contributed by atoms with van der Waals surface area (Å²) in [5, 5.41) is 5.68. The van der Waals surface area contributed by atoms with Gasteiger partial charge in [0.2, 0.25) is 11.8 Å². The SMILES string of the molecule is CNC(=O)Cc1ccccc1.COc1ccccc1C(=O)NC1CCN(C(=O)[C@H]2CCCc3ccccc32)CC1. The third-order valence-corrected chi connectivity index (χ3v) is 7.65. The number of piperidine rings is 1. The molecule has 1 aliphatic carbocycles. The molecule has 1 aliphatic heterocycles. The maximum absolute atomic E-state index is 13.2. The summed E-state index contributed by atoms with van der Waals surface area (Å²) in [6, 6.07) is 25.3. The molecule has 3 aromatic carbocycles. The Kier molecular flexibility index (Phi) is 10.3. The van der Waals surface area contributed by atoms with E-state index < -0.39 is 0 Å². The molecule has 7 nitrogen and oxygen atoms in total. The van der Waals surface area contributed by atoms with Crippen molar-refractivity contribution in [3.63, 3.8) is 0 Å². The highest BCUT2D eigenvalue weighted by Gasteiger charge is 2.32. The third kappa shape index (κ3) is 7.50. The molecule has 5 rings (SSSR count). The summed E-state index contributed by atoms with van der Waals surface area (Å²) in [6.07, 6.45) is 5.09. The lowest BCUT2D eigenvalue weighted by atomic mass is 9.82. The molecule has 0 radical (unpaired) electrons. The molecule has 0 unspecified atom stereocenters. The minimum Gasteiger partial charge on any atom is -0.496 e. The molecule has 7 heteroatoms. The number of ether oxygens (including phenoxy) is 1. The number of hydrogen-bond acceptors (Lipinski definition) is 4. The number of methoxy groups -OCH3 is 1. The largest absolute Gasteiger partial charge is 0.496 e. The summed E-state index contributed by atoms with van der Waals surface area (Å²) in [6.45, 7) is 1.38. The van der Waals surface area contributed by atoms with Crippen LogP contribution in [0.3, 0.4) is 0 Å². The first-order valence-corrected chi connectivity index (χ1v) is 14.0. The predicted octanol–water partition coefficient (Wildman–Crippen LogP) is 4.51. The zero-order valence-corrected chi connectivity index (χ0v) is 23.4. The van der Waals surface area contributed by atoms with Crippen molar-refractivity contribution < 1.29 is 19.1 Å². The number of aryl methyl sites for hydroxylation is 1. The van der Waals surface area contributed by atoms with E-state index in [1.54, 1.807) is 26.3 Å². The van der Waals surface area contributed by atoms with Gasteiger partial charge in [0, 0.05) is 26.2 Å². The number of likely N-dealkylation sites (tertiary alicyclic amines) is 1. The first kappa shape index (κ1) is 28.9. The number of nitrogens with zero attached hydrogens (tertiary/aromatic N) is 1. The first-order valence-electron chi connectivity index (χ1n) is 14.0. The van der Waals surface area contributed by atoms with Crippen LogP contribution < -0.4 is 15.4 Å². The Morgan fingerprint density at radius 3 is 2.27 bits per heavy atom. The van der Waals surface area contributed by atoms with Gasteiger partial charge in [-0.05, 0) is 60.9 Å². The predicted molar refractivity (Wildman–Crippen MR) is 156 cm³/mol. The fourth-order valence-electron chi connectivity index (χ4n) is 5.44. The summed E-state index contributed by atoms with van der Waals surface area (Å²) in [4.78, 5) is 38.6. The Hall–Kier alpha value is -4.13. The van der Waals surface area contributed by atoms with E-state index in [1.165, 1.54) is 11.1 Å². The van der Waals surface area contributed by atoms with Crippen molar-refractivity contribution in [1.29, 1.82) is 0 Å². The zero-order chi connectivity index (χ0) is 28.3. The van der Waals surface area contributed by atoms with Gasteiger partial charge in [0.05, 0.1) is 25.0 Å². The quantitative estimate of drug-likeness (QED) is 0.481. The van der Waals surface area contributed by atoms with Crippen molar-refractivity contribution in [2.75, 3.05) is 27.2 Å². The molecule has 0 bridgehead atoms. The molecule has 1 fully saturated rings. The standard InChI is InChI=1S/C24H28N2O3.C9H11NO/c1-29-22-12-5-4-10-21(22)23(27)25-18-13-15-26(16-14-18)24(28)20-11-6-8-17-7-2-3-9-19(17)20;1-10-9(11)7-8-5-3-2-4-6-8/h2-5,7,9-10,12,18,20H,6,8,11,13-16H2,1H3,(H,25,27);2-6H,7H2,1H3,(H,10,11)/t20-;/m0./s1. The molecule has 210 valence electrons. The van der Waals surface area contributed by atoms with Crippen molar-refractivity contribution in [1.82, 2.24) is 15.5 Å². The number of rotatable bonds is 6. The van der Waals surface area contributed by atoms with Gasteiger partial charge in [0.15, 0.2) is 0 Å². The number of nitrogens with one attached hydrogen (secondary N) is 2. The van der Waals surface area contributed by atoms with Gasteiger partial charge in [-0.25, -0.2) is 0 Å². The van der Waals surface area contributed by atoms with Crippen molar-refractivity contribution in [2.45, 2.75) is 50.5 Å². The van der Waals surface area contributed by atoms with E-state index in [-0.39, 0.29) is 29.7 Å². The summed E-state index contributed by atoms with van der Waals surface area (Å²) in [7, 11) is 3.21. The van der Waals surface area contributed by atoms with E-state index in [0.29, 0.717) is 30.8 Å². The Morgan fingerprint density at radius 2 is 1.55 bits per heavy atom. The van der Waals surface area contributed by atoms with Crippen LogP contribution in [0.1, 0.15) is 58.6 Å². The van der Waals surface area contributed by atoms with Crippen LogP contribution >= 0.6 is 0 Å². The lowest BCUT2D eigenvalue weighted by Crippen LogP contribution is -2.48. The number of amides is 3. The van der Waals surface area contributed by atoms with Crippen LogP contribution in [0.15, 0.2) is 78.9 Å². The van der Waals surface area contributed by atoms with Gasteiger partial charge < -0.3 is 20.3 Å². The maximum Gasteiger partial charge on any atom is 0.255 e. The molecule has 3 aromatic rings. The summed E-state index contributed by atoms with van der Waals surface area (Å²) in [5.41, 5.74) is 4.12. The first-order chi connectivity index (χ1) is 19.5. The minimum atomic E-state index is -0.117. The minimum absolute atomic E-state index is 0.0142. The van der Waals surface area contributed by atoms with Crippen LogP contribution in [0, 0.1) is 0 Å². The molecule has 2 N–H and O–H groups in total. The highest BCUT2D eigenvalue weighted by Crippen LogP contribution is 2.33. The van der Waals surface area contributed by atoms with Crippen LogP contribution in [-0.2, 0) is 22.4 Å². The van der Waals surface area contributed by atoms with Gasteiger partial charge >= 0.3 is 0 Å². The average molecular weight is 542 g/mol. The van der Waals surface area contributed by atoms with Crippen molar-refractivity contribution in [2.24, 2.45) is 0 Å². The number of likely N-dealkylation sites (N-methyl/N-ethyl adjacent to an activating group) is 1. The van der Waals surface area contributed by atoms with Gasteiger partial charge in [-0.2, -0.15) is 0 Å². The Balaban J connectivity index is 0.000000283. The number of carbonyl (C=O) groups excluding carboxylic acids is 3. The molecule has 0 spiro atoms. The van der Waals surface area contributed by atoms with E-state index in [2.05, 4.69) is 28.8 Å². The molecule has 2 aliphatic rings. The summed E-state index contributed by atoms with van der Waals surface area (Å²) in [5.74, 6) is 0.740. The lowest BCUT2D eigenvalue weighted by molar-refractivity contribution is -0.134. The Bertz CT molecular complexity index is 1290. The number of hydrogen-bond donors (Lipinski definition) is 2. The van der Waals surface area contributed by atoms with Crippen molar-refractivity contribution in [3.05, 3.63) is 101 Å². The second kappa shape index (κ2) is 14.3. The molecule has 1 heterocycles. The zero-order valence-electron chi connectivity index (χ0n) is 23.4. The van der Waals surface area contributed by atoms with E-state index in [1.807, 2.05) is 53.4 Å². The van der Waals surface area contributed by atoms with Crippen molar-refractivity contribution >= 4 is 17.7 Å².